The summed E-state index contributed by atoms with van der Waals surface area (Å²) in [5.74, 6) is 0. The quantitative estimate of drug-likeness (QED) is 0.538. The zero-order valence-corrected chi connectivity index (χ0v) is 7.35. The third-order valence-electron chi connectivity index (χ3n) is 2.94. The van der Waals surface area contributed by atoms with Gasteiger partial charge in [0, 0.05) is 12.4 Å². The Morgan fingerprint density at radius 2 is 2.15 bits per heavy atom. The van der Waals surface area contributed by atoms with Crippen LogP contribution < -0.4 is 0 Å². The van der Waals surface area contributed by atoms with E-state index in [0.717, 1.165) is 6.42 Å². The zero-order valence-electron chi connectivity index (χ0n) is 7.35. The average Bonchev–Trinajstić information content (AvgIpc) is 2.70. The van der Waals surface area contributed by atoms with Gasteiger partial charge in [-0.1, -0.05) is 36.5 Å². The highest BCUT2D eigenvalue weighted by Crippen LogP contribution is 2.40. The van der Waals surface area contributed by atoms with Gasteiger partial charge in [-0.2, -0.15) is 0 Å². The lowest BCUT2D eigenvalue weighted by Gasteiger charge is -2.33. The van der Waals surface area contributed by atoms with Gasteiger partial charge in [-0.25, -0.2) is 0 Å². The molecule has 3 aliphatic rings. The summed E-state index contributed by atoms with van der Waals surface area (Å²) >= 11 is 0. The molecule has 0 aromatic heterocycles. The Labute approximate surface area is 78.0 Å². The van der Waals surface area contributed by atoms with Crippen LogP contribution >= 0.6 is 0 Å². The molecule has 1 aliphatic carbocycles. The highest BCUT2D eigenvalue weighted by molar-refractivity contribution is 5.50. The van der Waals surface area contributed by atoms with Gasteiger partial charge in [0.15, 0.2) is 0 Å². The molecule has 13 heavy (non-hydrogen) atoms. The number of allylic oxidation sites excluding steroid dienone is 4. The van der Waals surface area contributed by atoms with Crippen molar-refractivity contribution in [2.75, 3.05) is 0 Å². The predicted molar refractivity (Wildman–Crippen MR) is 53.8 cm³/mol. The fourth-order valence-corrected chi connectivity index (χ4v) is 2.24. The zero-order chi connectivity index (χ0) is 8.73. The van der Waals surface area contributed by atoms with Crippen LogP contribution in [0.25, 0.3) is 0 Å². The largest absolute Gasteiger partial charge is 0.341 e. The van der Waals surface area contributed by atoms with Crippen molar-refractivity contribution in [2.24, 2.45) is 0 Å². The Bertz CT molecular complexity index is 382. The molecule has 0 radical (unpaired) electrons. The fourth-order valence-electron chi connectivity index (χ4n) is 2.24. The lowest BCUT2D eigenvalue weighted by Crippen LogP contribution is -2.36. The summed E-state index contributed by atoms with van der Waals surface area (Å²) in [5.41, 5.74) is 1.51. The van der Waals surface area contributed by atoms with Crippen molar-refractivity contribution < 1.29 is 0 Å². The van der Waals surface area contributed by atoms with E-state index in [1.165, 1.54) is 5.57 Å². The van der Waals surface area contributed by atoms with Crippen molar-refractivity contribution in [3.05, 3.63) is 60.5 Å². The smallest absolute Gasteiger partial charge is 0.0912 e. The minimum absolute atomic E-state index is 0.115. The lowest BCUT2D eigenvalue weighted by atomic mass is 9.90. The van der Waals surface area contributed by atoms with E-state index in [0.29, 0.717) is 0 Å². The van der Waals surface area contributed by atoms with E-state index in [9.17, 15) is 0 Å². The molecule has 0 saturated heterocycles. The molecule has 1 atom stereocenters. The molecule has 2 heterocycles. The Hall–Kier alpha value is -1.50. The Kier molecular flexibility index (Phi) is 1.21. The van der Waals surface area contributed by atoms with Gasteiger partial charge in [-0.05, 0) is 18.1 Å². The average molecular weight is 169 g/mol. The van der Waals surface area contributed by atoms with Gasteiger partial charge < -0.3 is 4.90 Å². The molecule has 0 amide bonds. The molecule has 1 heteroatoms. The number of hydrogen-bond acceptors (Lipinski definition) is 1. The van der Waals surface area contributed by atoms with Crippen LogP contribution in [-0.2, 0) is 0 Å². The minimum Gasteiger partial charge on any atom is -0.341 e. The molecule has 1 spiro atoms. The number of hydrogen-bond donors (Lipinski definition) is 0. The number of rotatable bonds is 0. The normalized spacial score (nSPS) is 33.2. The summed E-state index contributed by atoms with van der Waals surface area (Å²) in [7, 11) is 0. The Morgan fingerprint density at radius 1 is 1.15 bits per heavy atom. The molecule has 2 aliphatic heterocycles. The molecule has 0 N–H and O–H groups in total. The second-order valence-electron chi connectivity index (χ2n) is 3.60. The van der Waals surface area contributed by atoms with E-state index >= 15 is 0 Å². The Morgan fingerprint density at radius 3 is 3.15 bits per heavy atom. The molecular weight excluding hydrogens is 158 g/mol. The van der Waals surface area contributed by atoms with Crippen LogP contribution in [0.1, 0.15) is 6.42 Å². The van der Waals surface area contributed by atoms with Crippen LogP contribution in [0.3, 0.4) is 0 Å². The maximum Gasteiger partial charge on any atom is 0.0912 e. The molecule has 0 bridgehead atoms. The third kappa shape index (κ3) is 0.765. The van der Waals surface area contributed by atoms with Crippen molar-refractivity contribution in [2.45, 2.75) is 12.0 Å². The van der Waals surface area contributed by atoms with Gasteiger partial charge in [0.2, 0.25) is 0 Å². The van der Waals surface area contributed by atoms with Crippen molar-refractivity contribution in [1.82, 2.24) is 4.90 Å². The summed E-state index contributed by atoms with van der Waals surface area (Å²) in [6.45, 7) is 0. The first-order valence-electron chi connectivity index (χ1n) is 4.62. The van der Waals surface area contributed by atoms with E-state index < -0.39 is 0 Å². The molecule has 0 aromatic rings. The van der Waals surface area contributed by atoms with Crippen molar-refractivity contribution >= 4 is 0 Å². The summed E-state index contributed by atoms with van der Waals surface area (Å²) in [6.07, 6.45) is 20.6. The van der Waals surface area contributed by atoms with Gasteiger partial charge in [0.1, 0.15) is 0 Å². The van der Waals surface area contributed by atoms with E-state index in [4.69, 9.17) is 0 Å². The van der Waals surface area contributed by atoms with Gasteiger partial charge >= 0.3 is 0 Å². The molecular formula is C12H11N. The highest BCUT2D eigenvalue weighted by Gasteiger charge is 2.38. The van der Waals surface area contributed by atoms with E-state index in [1.54, 1.807) is 0 Å². The molecule has 64 valence electrons. The fraction of sp³-hybridized carbons (Fsp3) is 0.167. The Balaban J connectivity index is 2.17. The van der Waals surface area contributed by atoms with Gasteiger partial charge in [-0.3, -0.25) is 0 Å². The summed E-state index contributed by atoms with van der Waals surface area (Å²) in [5, 5.41) is 0. The first kappa shape index (κ1) is 6.96. The van der Waals surface area contributed by atoms with Crippen LogP contribution in [-0.4, -0.2) is 10.4 Å². The third-order valence-corrected chi connectivity index (χ3v) is 2.94. The molecule has 1 unspecified atom stereocenters. The second-order valence-corrected chi connectivity index (χ2v) is 3.60. The molecule has 0 saturated carbocycles. The van der Waals surface area contributed by atoms with Crippen LogP contribution in [0.15, 0.2) is 60.5 Å². The molecule has 3 rings (SSSR count). The van der Waals surface area contributed by atoms with Crippen LogP contribution in [0.5, 0.6) is 0 Å². The summed E-state index contributed by atoms with van der Waals surface area (Å²) in [4.78, 5) is 2.28. The first-order valence-corrected chi connectivity index (χ1v) is 4.62. The van der Waals surface area contributed by atoms with Crippen LogP contribution in [0.4, 0.5) is 0 Å². The van der Waals surface area contributed by atoms with Crippen LogP contribution in [0, 0.1) is 0 Å². The number of nitrogens with zero attached hydrogens (tertiary/aromatic N) is 1. The lowest BCUT2D eigenvalue weighted by molar-refractivity contribution is 0.356. The van der Waals surface area contributed by atoms with E-state index in [2.05, 4.69) is 59.8 Å². The van der Waals surface area contributed by atoms with Crippen molar-refractivity contribution in [1.29, 1.82) is 0 Å². The monoisotopic (exact) mass is 169 g/mol. The molecule has 1 nitrogen and oxygen atoms in total. The molecule has 0 aromatic carbocycles. The van der Waals surface area contributed by atoms with Crippen molar-refractivity contribution in [3.63, 3.8) is 0 Å². The SMILES string of the molecule is C1=CC2=CC=CC23CC=CN3C=C1. The topological polar surface area (TPSA) is 3.24 Å². The van der Waals surface area contributed by atoms with Crippen LogP contribution in [0.2, 0.25) is 0 Å². The standard InChI is InChI=1S/C12H11N/c1-2-9-13-10-4-8-12(13)7-3-6-11(12)5-1/h1-7,9-10H,8H2. The maximum absolute atomic E-state index is 2.28. The van der Waals surface area contributed by atoms with Crippen molar-refractivity contribution in [3.8, 4) is 0 Å². The predicted octanol–water partition coefficient (Wildman–Crippen LogP) is 2.52. The highest BCUT2D eigenvalue weighted by atomic mass is 15.2. The summed E-state index contributed by atoms with van der Waals surface area (Å²) < 4.78 is 0. The maximum atomic E-state index is 2.28. The minimum atomic E-state index is 0.115. The van der Waals surface area contributed by atoms with E-state index in [1.807, 2.05) is 0 Å². The van der Waals surface area contributed by atoms with Gasteiger partial charge in [-0.15, -0.1) is 0 Å². The van der Waals surface area contributed by atoms with Gasteiger partial charge in [0.05, 0.1) is 5.54 Å². The molecule has 0 fully saturated rings. The van der Waals surface area contributed by atoms with Gasteiger partial charge in [0.25, 0.3) is 0 Å². The first-order chi connectivity index (χ1) is 6.42. The van der Waals surface area contributed by atoms with E-state index in [-0.39, 0.29) is 5.54 Å². The second kappa shape index (κ2) is 2.25. The summed E-state index contributed by atoms with van der Waals surface area (Å²) in [6, 6.07) is 0.